The van der Waals surface area contributed by atoms with Crippen molar-refractivity contribution in [3.8, 4) is 0 Å². The largest absolute Gasteiger partial charge is 0.327 e. The Bertz CT molecular complexity index is 391. The van der Waals surface area contributed by atoms with Crippen molar-refractivity contribution < 1.29 is 0 Å². The number of unbranched alkanes of at least 4 members (excludes halogenated alkanes) is 6. The van der Waals surface area contributed by atoms with Gasteiger partial charge in [0.1, 0.15) is 0 Å². The minimum atomic E-state index is 0.349. The van der Waals surface area contributed by atoms with Crippen LogP contribution in [-0.2, 0) is 0 Å². The summed E-state index contributed by atoms with van der Waals surface area (Å²) in [5, 5.41) is 0. The number of hydrogen-bond acceptors (Lipinski definition) is 2. The standard InChI is InChI=1S/C18H29NS/c1-2-3-4-5-6-7-8-12-17(19)16-14-20-18-13-10-9-11-15(16)18/h9-11,13,16-17H,2-8,12,14,19H2,1H3. The van der Waals surface area contributed by atoms with Crippen LogP contribution >= 0.6 is 11.8 Å². The highest BCUT2D eigenvalue weighted by Gasteiger charge is 2.27. The van der Waals surface area contributed by atoms with E-state index in [1.807, 2.05) is 11.8 Å². The Balaban J connectivity index is 1.65. The monoisotopic (exact) mass is 291 g/mol. The summed E-state index contributed by atoms with van der Waals surface area (Å²) >= 11 is 1.98. The highest BCUT2D eigenvalue weighted by atomic mass is 32.2. The van der Waals surface area contributed by atoms with E-state index >= 15 is 0 Å². The SMILES string of the molecule is CCCCCCCCCC(N)C1CSc2ccccc21. The lowest BCUT2D eigenvalue weighted by atomic mass is 9.90. The molecule has 0 bridgehead atoms. The van der Waals surface area contributed by atoms with Crippen LogP contribution < -0.4 is 5.73 Å². The summed E-state index contributed by atoms with van der Waals surface area (Å²) in [5.41, 5.74) is 7.94. The summed E-state index contributed by atoms with van der Waals surface area (Å²) in [7, 11) is 0. The summed E-state index contributed by atoms with van der Waals surface area (Å²) in [6.45, 7) is 2.27. The zero-order valence-corrected chi connectivity index (χ0v) is 13.6. The molecule has 1 aliphatic rings. The zero-order valence-electron chi connectivity index (χ0n) is 12.8. The van der Waals surface area contributed by atoms with Crippen LogP contribution in [0.15, 0.2) is 29.2 Å². The molecule has 2 heteroatoms. The molecule has 1 heterocycles. The van der Waals surface area contributed by atoms with Gasteiger partial charge in [0.05, 0.1) is 0 Å². The number of benzene rings is 1. The van der Waals surface area contributed by atoms with Gasteiger partial charge in [-0.1, -0.05) is 70.1 Å². The summed E-state index contributed by atoms with van der Waals surface area (Å²) in [4.78, 5) is 1.45. The zero-order chi connectivity index (χ0) is 14.2. The van der Waals surface area contributed by atoms with E-state index in [0.29, 0.717) is 12.0 Å². The Morgan fingerprint density at radius 3 is 2.60 bits per heavy atom. The maximum Gasteiger partial charge on any atom is 0.0116 e. The Morgan fingerprint density at radius 2 is 1.80 bits per heavy atom. The summed E-state index contributed by atoms with van der Waals surface area (Å²) in [6, 6.07) is 9.14. The van der Waals surface area contributed by atoms with Crippen LogP contribution in [0.4, 0.5) is 0 Å². The lowest BCUT2D eigenvalue weighted by Crippen LogP contribution is -2.28. The van der Waals surface area contributed by atoms with Gasteiger partial charge in [0.2, 0.25) is 0 Å². The van der Waals surface area contributed by atoms with Crippen LogP contribution in [0, 0.1) is 0 Å². The minimum Gasteiger partial charge on any atom is -0.327 e. The Hall–Kier alpha value is -0.470. The van der Waals surface area contributed by atoms with Gasteiger partial charge in [-0.05, 0) is 18.1 Å². The fraction of sp³-hybridized carbons (Fsp3) is 0.667. The Morgan fingerprint density at radius 1 is 1.10 bits per heavy atom. The van der Waals surface area contributed by atoms with Gasteiger partial charge < -0.3 is 5.73 Å². The quantitative estimate of drug-likeness (QED) is 0.621. The fourth-order valence-electron chi connectivity index (χ4n) is 3.08. The van der Waals surface area contributed by atoms with Crippen LogP contribution in [0.3, 0.4) is 0 Å². The third-order valence-corrected chi connectivity index (χ3v) is 5.60. The lowest BCUT2D eigenvalue weighted by molar-refractivity contribution is 0.490. The smallest absolute Gasteiger partial charge is 0.0116 e. The number of thioether (sulfide) groups is 1. The van der Waals surface area contributed by atoms with E-state index in [-0.39, 0.29) is 0 Å². The highest BCUT2D eigenvalue weighted by Crippen LogP contribution is 2.41. The maximum absolute atomic E-state index is 6.44. The molecule has 0 spiro atoms. The molecule has 1 aromatic rings. The average molecular weight is 292 g/mol. The van der Waals surface area contributed by atoms with Crippen LogP contribution in [-0.4, -0.2) is 11.8 Å². The van der Waals surface area contributed by atoms with Crippen LogP contribution in [0.25, 0.3) is 0 Å². The molecule has 20 heavy (non-hydrogen) atoms. The van der Waals surface area contributed by atoms with Crippen molar-refractivity contribution in [1.82, 2.24) is 0 Å². The second-order valence-corrected chi connectivity index (χ2v) is 7.09. The van der Waals surface area contributed by atoms with Gasteiger partial charge in [-0.15, -0.1) is 11.8 Å². The molecule has 2 unspecified atom stereocenters. The van der Waals surface area contributed by atoms with E-state index in [0.717, 1.165) is 0 Å². The third-order valence-electron chi connectivity index (χ3n) is 4.39. The highest BCUT2D eigenvalue weighted by molar-refractivity contribution is 7.99. The molecule has 0 amide bonds. The third kappa shape index (κ3) is 4.53. The van der Waals surface area contributed by atoms with E-state index in [2.05, 4.69) is 31.2 Å². The molecular formula is C18H29NS. The van der Waals surface area contributed by atoms with Gasteiger partial charge >= 0.3 is 0 Å². The van der Waals surface area contributed by atoms with Gasteiger partial charge in [0, 0.05) is 22.6 Å². The molecule has 0 fully saturated rings. The molecule has 2 rings (SSSR count). The van der Waals surface area contributed by atoms with Crippen LogP contribution in [0.1, 0.15) is 69.8 Å². The Kier molecular flexibility index (Phi) is 6.95. The van der Waals surface area contributed by atoms with Crippen molar-refractivity contribution in [1.29, 1.82) is 0 Å². The van der Waals surface area contributed by atoms with E-state index in [9.17, 15) is 0 Å². The number of hydrogen-bond donors (Lipinski definition) is 1. The van der Waals surface area contributed by atoms with Crippen molar-refractivity contribution in [3.63, 3.8) is 0 Å². The van der Waals surface area contributed by atoms with Gasteiger partial charge in [-0.25, -0.2) is 0 Å². The number of rotatable bonds is 9. The fourth-order valence-corrected chi connectivity index (χ4v) is 4.43. The summed E-state index contributed by atoms with van der Waals surface area (Å²) in [5.74, 6) is 1.76. The van der Waals surface area contributed by atoms with E-state index < -0.39 is 0 Å². The first-order valence-corrected chi connectivity index (χ1v) is 9.28. The molecule has 0 radical (unpaired) electrons. The average Bonchev–Trinajstić information content (AvgIpc) is 2.90. The first-order chi connectivity index (χ1) is 9.83. The Labute approximate surface area is 128 Å². The van der Waals surface area contributed by atoms with Crippen molar-refractivity contribution in [2.75, 3.05) is 5.75 Å². The van der Waals surface area contributed by atoms with Gasteiger partial charge in [-0.2, -0.15) is 0 Å². The summed E-state index contributed by atoms with van der Waals surface area (Å²) < 4.78 is 0. The second-order valence-electron chi connectivity index (χ2n) is 6.03. The molecule has 2 atom stereocenters. The van der Waals surface area contributed by atoms with Crippen LogP contribution in [0.2, 0.25) is 0 Å². The first-order valence-electron chi connectivity index (χ1n) is 8.30. The molecule has 1 nitrogen and oxygen atoms in total. The normalized spacial score (nSPS) is 19.0. The van der Waals surface area contributed by atoms with Gasteiger partial charge in [-0.3, -0.25) is 0 Å². The molecule has 1 aromatic carbocycles. The molecule has 0 aromatic heterocycles. The second kappa shape index (κ2) is 8.74. The minimum absolute atomic E-state index is 0.349. The molecule has 0 saturated carbocycles. The molecule has 1 aliphatic heterocycles. The van der Waals surface area contributed by atoms with Gasteiger partial charge in [0.15, 0.2) is 0 Å². The first kappa shape index (κ1) is 15.9. The van der Waals surface area contributed by atoms with Crippen molar-refractivity contribution >= 4 is 11.8 Å². The maximum atomic E-state index is 6.44. The van der Waals surface area contributed by atoms with Crippen molar-refractivity contribution in [3.05, 3.63) is 29.8 Å². The predicted molar refractivity (Wildman–Crippen MR) is 90.5 cm³/mol. The molecular weight excluding hydrogens is 262 g/mol. The molecule has 0 saturated heterocycles. The lowest BCUT2D eigenvalue weighted by Gasteiger charge is -2.19. The van der Waals surface area contributed by atoms with E-state index in [1.165, 1.54) is 67.6 Å². The number of nitrogens with two attached hydrogens (primary N) is 1. The topological polar surface area (TPSA) is 26.0 Å². The van der Waals surface area contributed by atoms with Crippen molar-refractivity contribution in [2.24, 2.45) is 5.73 Å². The molecule has 0 aliphatic carbocycles. The number of fused-ring (bicyclic) bond motifs is 1. The van der Waals surface area contributed by atoms with E-state index in [4.69, 9.17) is 5.73 Å². The van der Waals surface area contributed by atoms with E-state index in [1.54, 1.807) is 0 Å². The predicted octanol–water partition coefficient (Wildman–Crippen LogP) is 5.34. The molecule has 112 valence electrons. The van der Waals surface area contributed by atoms with Crippen molar-refractivity contribution in [2.45, 2.75) is 75.1 Å². The van der Waals surface area contributed by atoms with Gasteiger partial charge in [0.25, 0.3) is 0 Å². The summed E-state index contributed by atoms with van der Waals surface area (Å²) in [6.07, 6.45) is 10.8. The van der Waals surface area contributed by atoms with Crippen LogP contribution in [0.5, 0.6) is 0 Å². The molecule has 2 N–H and O–H groups in total.